The van der Waals surface area contributed by atoms with Crippen molar-refractivity contribution in [1.82, 2.24) is 0 Å². The molecular formula is C7H15N3. The van der Waals surface area contributed by atoms with Crippen molar-refractivity contribution in [1.29, 1.82) is 0 Å². The summed E-state index contributed by atoms with van der Waals surface area (Å²) in [7, 11) is 0. The molecule has 1 unspecified atom stereocenters. The molecule has 0 aromatic carbocycles. The summed E-state index contributed by atoms with van der Waals surface area (Å²) in [5, 5.41) is 3.58. The van der Waals surface area contributed by atoms with Crippen LogP contribution in [0.1, 0.15) is 39.5 Å². The SMILES string of the molecule is CCCCCC(C)N=[N+]=[N-]. The molecule has 0 aromatic rings. The molecule has 0 saturated heterocycles. The molecule has 0 aliphatic heterocycles. The van der Waals surface area contributed by atoms with E-state index in [0.717, 1.165) is 6.42 Å². The van der Waals surface area contributed by atoms with Gasteiger partial charge in [-0.1, -0.05) is 38.2 Å². The summed E-state index contributed by atoms with van der Waals surface area (Å²) in [4.78, 5) is 2.74. The topological polar surface area (TPSA) is 48.8 Å². The van der Waals surface area contributed by atoms with Gasteiger partial charge in [0, 0.05) is 11.0 Å². The van der Waals surface area contributed by atoms with E-state index in [9.17, 15) is 0 Å². The first-order valence-corrected chi connectivity index (χ1v) is 3.85. The predicted molar refractivity (Wildman–Crippen MR) is 42.8 cm³/mol. The minimum absolute atomic E-state index is 0.177. The average molecular weight is 141 g/mol. The second-order valence-electron chi connectivity index (χ2n) is 2.55. The summed E-state index contributed by atoms with van der Waals surface area (Å²) in [6, 6.07) is 0.177. The summed E-state index contributed by atoms with van der Waals surface area (Å²) < 4.78 is 0. The van der Waals surface area contributed by atoms with Gasteiger partial charge < -0.3 is 0 Å². The predicted octanol–water partition coefficient (Wildman–Crippen LogP) is 3.27. The Labute approximate surface area is 62.1 Å². The molecule has 0 bridgehead atoms. The zero-order valence-corrected chi connectivity index (χ0v) is 6.75. The minimum Gasteiger partial charge on any atom is -0.0909 e. The third kappa shape index (κ3) is 5.45. The van der Waals surface area contributed by atoms with Crippen molar-refractivity contribution in [2.75, 3.05) is 0 Å². The van der Waals surface area contributed by atoms with Gasteiger partial charge in [0.05, 0.1) is 0 Å². The zero-order chi connectivity index (χ0) is 7.82. The van der Waals surface area contributed by atoms with E-state index in [0.29, 0.717) is 0 Å². The van der Waals surface area contributed by atoms with Crippen molar-refractivity contribution < 1.29 is 0 Å². The van der Waals surface area contributed by atoms with Crippen molar-refractivity contribution in [3.63, 3.8) is 0 Å². The van der Waals surface area contributed by atoms with E-state index in [1.54, 1.807) is 0 Å². The van der Waals surface area contributed by atoms with Crippen molar-refractivity contribution in [2.45, 2.75) is 45.6 Å². The molecule has 0 saturated carbocycles. The minimum atomic E-state index is 0.177. The molecule has 0 aliphatic carbocycles. The number of unbranched alkanes of at least 4 members (excludes halogenated alkanes) is 2. The van der Waals surface area contributed by atoms with Crippen molar-refractivity contribution >= 4 is 0 Å². The molecule has 0 fully saturated rings. The maximum absolute atomic E-state index is 8.05. The van der Waals surface area contributed by atoms with Crippen LogP contribution in [0.3, 0.4) is 0 Å². The Hall–Kier alpha value is -0.690. The summed E-state index contributed by atoms with van der Waals surface area (Å²) >= 11 is 0. The van der Waals surface area contributed by atoms with E-state index in [-0.39, 0.29) is 6.04 Å². The fourth-order valence-corrected chi connectivity index (χ4v) is 0.836. The van der Waals surface area contributed by atoms with E-state index in [1.807, 2.05) is 6.92 Å². The fraction of sp³-hybridized carbons (Fsp3) is 1.00. The van der Waals surface area contributed by atoms with E-state index in [4.69, 9.17) is 5.53 Å². The number of hydrogen-bond acceptors (Lipinski definition) is 1. The third-order valence-electron chi connectivity index (χ3n) is 1.47. The molecule has 0 N–H and O–H groups in total. The Kier molecular flexibility index (Phi) is 5.99. The van der Waals surface area contributed by atoms with Crippen LogP contribution in [0.5, 0.6) is 0 Å². The molecule has 0 spiro atoms. The molecule has 3 heteroatoms. The summed E-state index contributed by atoms with van der Waals surface area (Å²) in [5.74, 6) is 0. The standard InChI is InChI=1S/C7H15N3/c1-3-4-5-6-7(2)9-10-8/h7H,3-6H2,1-2H3. The van der Waals surface area contributed by atoms with Crippen LogP contribution in [-0.2, 0) is 0 Å². The van der Waals surface area contributed by atoms with Crippen LogP contribution >= 0.6 is 0 Å². The largest absolute Gasteiger partial charge is 0.0909 e. The monoisotopic (exact) mass is 141 g/mol. The molecular weight excluding hydrogens is 126 g/mol. The number of azide groups is 1. The normalized spacial score (nSPS) is 12.2. The maximum atomic E-state index is 8.05. The average Bonchev–Trinajstić information content (AvgIpc) is 1.89. The molecule has 0 amide bonds. The molecule has 1 atom stereocenters. The van der Waals surface area contributed by atoms with Crippen molar-refractivity contribution in [3.8, 4) is 0 Å². The van der Waals surface area contributed by atoms with Gasteiger partial charge in [0.2, 0.25) is 0 Å². The Morgan fingerprint density at radius 1 is 1.50 bits per heavy atom. The van der Waals surface area contributed by atoms with E-state index in [1.165, 1.54) is 19.3 Å². The van der Waals surface area contributed by atoms with Gasteiger partial charge in [-0.05, 0) is 12.0 Å². The molecule has 0 heterocycles. The highest BCUT2D eigenvalue weighted by Gasteiger charge is 1.95. The van der Waals surface area contributed by atoms with Crippen molar-refractivity contribution in [3.05, 3.63) is 10.4 Å². The lowest BCUT2D eigenvalue weighted by Gasteiger charge is -2.00. The molecule has 58 valence electrons. The smallest absolute Gasteiger partial charge is 0.0345 e. The highest BCUT2D eigenvalue weighted by Crippen LogP contribution is 2.05. The Morgan fingerprint density at radius 3 is 2.70 bits per heavy atom. The quantitative estimate of drug-likeness (QED) is 0.244. The Morgan fingerprint density at radius 2 is 2.20 bits per heavy atom. The van der Waals surface area contributed by atoms with Crippen molar-refractivity contribution in [2.24, 2.45) is 5.11 Å². The summed E-state index contributed by atoms with van der Waals surface area (Å²) in [6.07, 6.45) is 4.67. The molecule has 10 heavy (non-hydrogen) atoms. The van der Waals surface area contributed by atoms with Crippen LogP contribution in [-0.4, -0.2) is 6.04 Å². The molecule has 0 radical (unpaired) electrons. The number of nitrogens with zero attached hydrogens (tertiary/aromatic N) is 3. The lowest BCUT2D eigenvalue weighted by atomic mass is 10.1. The Bertz CT molecular complexity index is 116. The van der Waals surface area contributed by atoms with Gasteiger partial charge in [-0.25, -0.2) is 0 Å². The van der Waals surface area contributed by atoms with Gasteiger partial charge in [0.1, 0.15) is 0 Å². The summed E-state index contributed by atoms with van der Waals surface area (Å²) in [6.45, 7) is 4.12. The molecule has 0 aliphatic rings. The molecule has 0 rings (SSSR count). The van der Waals surface area contributed by atoms with Gasteiger partial charge in [-0.15, -0.1) is 0 Å². The maximum Gasteiger partial charge on any atom is 0.0345 e. The fourth-order valence-electron chi connectivity index (χ4n) is 0.836. The number of rotatable bonds is 5. The first-order chi connectivity index (χ1) is 4.81. The molecule has 0 aromatic heterocycles. The molecule has 3 nitrogen and oxygen atoms in total. The van der Waals surface area contributed by atoms with Gasteiger partial charge in [-0.2, -0.15) is 0 Å². The zero-order valence-electron chi connectivity index (χ0n) is 6.75. The van der Waals surface area contributed by atoms with E-state index < -0.39 is 0 Å². The van der Waals surface area contributed by atoms with Crippen LogP contribution in [0.4, 0.5) is 0 Å². The third-order valence-corrected chi connectivity index (χ3v) is 1.47. The van der Waals surface area contributed by atoms with E-state index in [2.05, 4.69) is 16.9 Å². The summed E-state index contributed by atoms with van der Waals surface area (Å²) in [5.41, 5.74) is 8.05. The lowest BCUT2D eigenvalue weighted by molar-refractivity contribution is 0.590. The lowest BCUT2D eigenvalue weighted by Crippen LogP contribution is -1.94. The highest BCUT2D eigenvalue weighted by atomic mass is 15.1. The van der Waals surface area contributed by atoms with Crippen LogP contribution in [0.15, 0.2) is 5.11 Å². The first-order valence-electron chi connectivity index (χ1n) is 3.85. The van der Waals surface area contributed by atoms with Gasteiger partial charge in [-0.3, -0.25) is 0 Å². The van der Waals surface area contributed by atoms with Crippen LogP contribution < -0.4 is 0 Å². The van der Waals surface area contributed by atoms with E-state index >= 15 is 0 Å². The second kappa shape index (κ2) is 6.43. The Balaban J connectivity index is 3.21. The van der Waals surface area contributed by atoms with Gasteiger partial charge >= 0.3 is 0 Å². The first kappa shape index (κ1) is 9.31. The second-order valence-corrected chi connectivity index (χ2v) is 2.55. The highest BCUT2D eigenvalue weighted by molar-refractivity contribution is 4.59. The van der Waals surface area contributed by atoms with Gasteiger partial charge in [0.25, 0.3) is 0 Å². The van der Waals surface area contributed by atoms with Crippen LogP contribution in [0.25, 0.3) is 10.4 Å². The van der Waals surface area contributed by atoms with Crippen LogP contribution in [0.2, 0.25) is 0 Å². The van der Waals surface area contributed by atoms with Gasteiger partial charge in [0.15, 0.2) is 0 Å². The van der Waals surface area contributed by atoms with Crippen LogP contribution in [0, 0.1) is 0 Å². The number of hydrogen-bond donors (Lipinski definition) is 0.